The maximum atomic E-state index is 10.8. The van der Waals surface area contributed by atoms with Gasteiger partial charge in [-0.3, -0.25) is 4.79 Å². The van der Waals surface area contributed by atoms with Gasteiger partial charge in [0, 0.05) is 5.02 Å². The summed E-state index contributed by atoms with van der Waals surface area (Å²) >= 11 is 5.87. The topological polar surface area (TPSA) is 46.5 Å². The van der Waals surface area contributed by atoms with E-state index in [0.717, 1.165) is 17.7 Å². The lowest BCUT2D eigenvalue weighted by atomic mass is 10.1. The number of hydrogen-bond donors (Lipinski definition) is 1. The molecule has 1 saturated carbocycles. The minimum absolute atomic E-state index is 0.0102. The Kier molecular flexibility index (Phi) is 3.57. The van der Waals surface area contributed by atoms with Crippen LogP contribution in [-0.4, -0.2) is 17.2 Å². The van der Waals surface area contributed by atoms with Gasteiger partial charge in [-0.25, -0.2) is 0 Å². The van der Waals surface area contributed by atoms with Crippen molar-refractivity contribution in [2.24, 2.45) is 5.92 Å². The molecule has 1 aromatic rings. The molecule has 3 nitrogen and oxygen atoms in total. The van der Waals surface area contributed by atoms with Crippen LogP contribution in [0.3, 0.4) is 0 Å². The smallest absolute Gasteiger partial charge is 0.306 e. The SMILES string of the molecule is Cc1cc(Cl)ccc1OC1CCC(C(=O)O)C1. The highest BCUT2D eigenvalue weighted by molar-refractivity contribution is 6.30. The van der Waals surface area contributed by atoms with E-state index in [1.54, 1.807) is 6.07 Å². The third kappa shape index (κ3) is 2.91. The number of halogens is 1. The van der Waals surface area contributed by atoms with Crippen LogP contribution in [0.15, 0.2) is 18.2 Å². The average Bonchev–Trinajstić information content (AvgIpc) is 2.71. The molecule has 0 radical (unpaired) electrons. The molecule has 1 aliphatic rings. The monoisotopic (exact) mass is 254 g/mol. The lowest BCUT2D eigenvalue weighted by Crippen LogP contribution is -2.15. The molecule has 1 aromatic carbocycles. The standard InChI is InChI=1S/C13H15ClO3/c1-8-6-10(14)3-5-12(8)17-11-4-2-9(7-11)13(15)16/h3,5-6,9,11H,2,4,7H2,1H3,(H,15,16). The molecule has 2 unspecified atom stereocenters. The van der Waals surface area contributed by atoms with Crippen molar-refractivity contribution in [2.45, 2.75) is 32.3 Å². The maximum Gasteiger partial charge on any atom is 0.306 e. The van der Waals surface area contributed by atoms with Gasteiger partial charge in [-0.1, -0.05) is 11.6 Å². The zero-order valence-corrected chi connectivity index (χ0v) is 10.4. The fraction of sp³-hybridized carbons (Fsp3) is 0.462. The molecule has 2 rings (SSSR count). The van der Waals surface area contributed by atoms with E-state index in [-0.39, 0.29) is 12.0 Å². The number of rotatable bonds is 3. The van der Waals surface area contributed by atoms with Gasteiger partial charge in [-0.2, -0.15) is 0 Å². The van der Waals surface area contributed by atoms with Gasteiger partial charge in [0.15, 0.2) is 0 Å². The zero-order valence-electron chi connectivity index (χ0n) is 9.65. The Labute approximate surface area is 105 Å². The molecule has 0 heterocycles. The molecule has 0 aliphatic heterocycles. The molecule has 17 heavy (non-hydrogen) atoms. The quantitative estimate of drug-likeness (QED) is 0.900. The number of hydrogen-bond acceptors (Lipinski definition) is 2. The van der Waals surface area contributed by atoms with Gasteiger partial charge in [0.25, 0.3) is 0 Å². The van der Waals surface area contributed by atoms with Crippen LogP contribution in [0.4, 0.5) is 0 Å². The Morgan fingerprint density at radius 2 is 2.24 bits per heavy atom. The third-order valence-corrected chi connectivity index (χ3v) is 3.40. The predicted molar refractivity (Wildman–Crippen MR) is 65.6 cm³/mol. The lowest BCUT2D eigenvalue weighted by molar-refractivity contribution is -0.141. The first-order valence-electron chi connectivity index (χ1n) is 5.72. The minimum atomic E-state index is -0.719. The van der Waals surface area contributed by atoms with Crippen LogP contribution in [0.25, 0.3) is 0 Å². The first kappa shape index (κ1) is 12.2. The highest BCUT2D eigenvalue weighted by atomic mass is 35.5. The molecule has 0 bridgehead atoms. The van der Waals surface area contributed by atoms with Crippen molar-refractivity contribution in [2.75, 3.05) is 0 Å². The fourth-order valence-corrected chi connectivity index (χ4v) is 2.42. The van der Waals surface area contributed by atoms with Crippen molar-refractivity contribution in [1.82, 2.24) is 0 Å². The second kappa shape index (κ2) is 4.96. The van der Waals surface area contributed by atoms with Crippen molar-refractivity contribution in [3.8, 4) is 5.75 Å². The van der Waals surface area contributed by atoms with Crippen molar-refractivity contribution in [3.63, 3.8) is 0 Å². The van der Waals surface area contributed by atoms with E-state index in [2.05, 4.69) is 0 Å². The number of carboxylic acids is 1. The summed E-state index contributed by atoms with van der Waals surface area (Å²) in [5.74, 6) is -0.179. The summed E-state index contributed by atoms with van der Waals surface area (Å²) in [5, 5.41) is 9.60. The molecule has 0 aromatic heterocycles. The normalized spacial score (nSPS) is 23.6. The van der Waals surface area contributed by atoms with Crippen molar-refractivity contribution < 1.29 is 14.6 Å². The fourth-order valence-electron chi connectivity index (χ4n) is 2.20. The number of carbonyl (C=O) groups is 1. The molecule has 0 amide bonds. The van der Waals surface area contributed by atoms with Gasteiger partial charge in [-0.15, -0.1) is 0 Å². The minimum Gasteiger partial charge on any atom is -0.490 e. The molecular weight excluding hydrogens is 240 g/mol. The molecule has 1 fully saturated rings. The Morgan fingerprint density at radius 3 is 2.82 bits per heavy atom. The third-order valence-electron chi connectivity index (χ3n) is 3.16. The molecule has 4 heteroatoms. The van der Waals surface area contributed by atoms with Crippen molar-refractivity contribution in [3.05, 3.63) is 28.8 Å². The van der Waals surface area contributed by atoms with Gasteiger partial charge < -0.3 is 9.84 Å². The zero-order chi connectivity index (χ0) is 12.4. The Morgan fingerprint density at radius 1 is 1.47 bits per heavy atom. The van der Waals surface area contributed by atoms with Crippen molar-refractivity contribution in [1.29, 1.82) is 0 Å². The summed E-state index contributed by atoms with van der Waals surface area (Å²) in [6.07, 6.45) is 2.11. The first-order chi connectivity index (χ1) is 8.06. The summed E-state index contributed by atoms with van der Waals surface area (Å²) < 4.78 is 5.82. The highest BCUT2D eigenvalue weighted by Crippen LogP contribution is 2.31. The van der Waals surface area contributed by atoms with Crippen LogP contribution in [0.2, 0.25) is 5.02 Å². The van der Waals surface area contributed by atoms with E-state index in [4.69, 9.17) is 21.4 Å². The number of ether oxygens (including phenoxy) is 1. The second-order valence-corrected chi connectivity index (χ2v) is 4.93. The van der Waals surface area contributed by atoms with E-state index in [9.17, 15) is 4.79 Å². The van der Waals surface area contributed by atoms with Crippen LogP contribution in [0, 0.1) is 12.8 Å². The van der Waals surface area contributed by atoms with Crippen molar-refractivity contribution >= 4 is 17.6 Å². The lowest BCUT2D eigenvalue weighted by Gasteiger charge is -2.15. The number of carboxylic acid groups (broad SMARTS) is 1. The Balaban J connectivity index is 2.00. The summed E-state index contributed by atoms with van der Waals surface area (Å²) in [5.41, 5.74) is 0.983. The Hall–Kier alpha value is -1.22. The second-order valence-electron chi connectivity index (χ2n) is 4.50. The van der Waals surface area contributed by atoms with E-state index < -0.39 is 5.97 Å². The average molecular weight is 255 g/mol. The van der Waals surface area contributed by atoms with Crippen LogP contribution in [0.5, 0.6) is 5.75 Å². The molecule has 2 atom stereocenters. The van der Waals surface area contributed by atoms with E-state index in [1.165, 1.54) is 0 Å². The van der Waals surface area contributed by atoms with E-state index in [1.807, 2.05) is 19.1 Å². The van der Waals surface area contributed by atoms with Crippen LogP contribution >= 0.6 is 11.6 Å². The predicted octanol–water partition coefficient (Wildman–Crippen LogP) is 3.28. The first-order valence-corrected chi connectivity index (χ1v) is 6.09. The summed E-state index contributed by atoms with van der Waals surface area (Å²) in [6, 6.07) is 5.47. The number of benzene rings is 1. The largest absolute Gasteiger partial charge is 0.490 e. The highest BCUT2D eigenvalue weighted by Gasteiger charge is 2.31. The van der Waals surface area contributed by atoms with Gasteiger partial charge in [0.2, 0.25) is 0 Å². The molecule has 1 N–H and O–H groups in total. The summed E-state index contributed by atoms with van der Waals surface area (Å²) in [6.45, 7) is 1.94. The van der Waals surface area contributed by atoms with Gasteiger partial charge in [-0.05, 0) is 49.9 Å². The van der Waals surface area contributed by atoms with Gasteiger partial charge >= 0.3 is 5.97 Å². The van der Waals surface area contributed by atoms with Crippen LogP contribution in [-0.2, 0) is 4.79 Å². The van der Waals surface area contributed by atoms with E-state index >= 15 is 0 Å². The Bertz CT molecular complexity index is 431. The molecule has 92 valence electrons. The molecule has 1 aliphatic carbocycles. The summed E-state index contributed by atoms with van der Waals surface area (Å²) in [4.78, 5) is 10.8. The maximum absolute atomic E-state index is 10.8. The molecule has 0 saturated heterocycles. The van der Waals surface area contributed by atoms with E-state index in [0.29, 0.717) is 17.9 Å². The summed E-state index contributed by atoms with van der Waals surface area (Å²) in [7, 11) is 0. The number of aryl methyl sites for hydroxylation is 1. The molecular formula is C13H15ClO3. The van der Waals surface area contributed by atoms with Gasteiger partial charge in [0.05, 0.1) is 12.0 Å². The number of aliphatic carboxylic acids is 1. The molecule has 0 spiro atoms. The van der Waals surface area contributed by atoms with Gasteiger partial charge in [0.1, 0.15) is 5.75 Å². The van der Waals surface area contributed by atoms with Crippen LogP contribution < -0.4 is 4.74 Å². The van der Waals surface area contributed by atoms with Crippen LogP contribution in [0.1, 0.15) is 24.8 Å².